The number of phenols is 2. The molecule has 0 saturated carbocycles. The summed E-state index contributed by atoms with van der Waals surface area (Å²) in [7, 11) is 0. The van der Waals surface area contributed by atoms with E-state index in [1.165, 1.54) is 12.1 Å². The minimum absolute atomic E-state index is 0.0189. The van der Waals surface area contributed by atoms with Crippen LogP contribution in [0.1, 0.15) is 22.3 Å². The van der Waals surface area contributed by atoms with Crippen LogP contribution in [0.25, 0.3) is 0 Å². The van der Waals surface area contributed by atoms with Crippen molar-refractivity contribution in [1.29, 1.82) is 0 Å². The van der Waals surface area contributed by atoms with Gasteiger partial charge in [0.1, 0.15) is 22.7 Å². The van der Waals surface area contributed by atoms with Crippen molar-refractivity contribution in [1.82, 2.24) is 0 Å². The molecule has 2 aromatic rings. The maximum Gasteiger partial charge on any atom is 0.167 e. The van der Waals surface area contributed by atoms with E-state index >= 15 is 0 Å². The number of nitrogens with one attached hydrogen (secondary N) is 4. The highest BCUT2D eigenvalue weighted by Gasteiger charge is 2.18. The molecule has 0 aliphatic rings. The number of aromatic hydroxyl groups is 2. The van der Waals surface area contributed by atoms with E-state index in [1.54, 1.807) is 13.8 Å². The molecule has 2 rings (SSSR count). The molecule has 0 saturated heterocycles. The van der Waals surface area contributed by atoms with Crippen LogP contribution in [0.2, 0.25) is 0 Å². The van der Waals surface area contributed by atoms with Gasteiger partial charge in [-0.05, 0) is 54.7 Å². The number of hydrogen-bond acceptors (Lipinski definition) is 10. The van der Waals surface area contributed by atoms with Crippen molar-refractivity contribution in [2.75, 3.05) is 21.9 Å². The zero-order chi connectivity index (χ0) is 18.7. The van der Waals surface area contributed by atoms with Gasteiger partial charge >= 0.3 is 0 Å². The Morgan fingerprint density at radius 1 is 0.680 bits per heavy atom. The highest BCUT2D eigenvalue weighted by atomic mass is 16.5. The maximum atomic E-state index is 9.95. The van der Waals surface area contributed by atoms with Gasteiger partial charge in [0, 0.05) is 0 Å². The largest absolute Gasteiger partial charge is 0.504 e. The van der Waals surface area contributed by atoms with Crippen molar-refractivity contribution in [3.63, 3.8) is 0 Å². The fourth-order valence-electron chi connectivity index (χ4n) is 2.66. The first-order valence-corrected chi connectivity index (χ1v) is 7.20. The van der Waals surface area contributed by atoms with Crippen molar-refractivity contribution in [3.8, 4) is 11.5 Å². The number of anilines is 4. The lowest BCUT2D eigenvalue weighted by molar-refractivity contribution is 0.371. The van der Waals surface area contributed by atoms with Gasteiger partial charge < -0.3 is 10.2 Å². The summed E-state index contributed by atoms with van der Waals surface area (Å²) in [5.74, 6) is -0.715. The summed E-state index contributed by atoms with van der Waals surface area (Å²) in [6, 6.07) is 2.96. The van der Waals surface area contributed by atoms with E-state index in [0.717, 1.165) is 0 Å². The highest BCUT2D eigenvalue weighted by molar-refractivity contribution is 5.77. The van der Waals surface area contributed by atoms with Crippen molar-refractivity contribution in [3.05, 3.63) is 34.4 Å². The van der Waals surface area contributed by atoms with E-state index in [-0.39, 0.29) is 40.7 Å². The summed E-state index contributed by atoms with van der Waals surface area (Å²) in [4.78, 5) is 0. The number of rotatable bonds is 6. The molecule has 0 heterocycles. The quantitative estimate of drug-likeness (QED) is 0.275. The summed E-state index contributed by atoms with van der Waals surface area (Å²) in [6.45, 7) is 3.31. The first kappa shape index (κ1) is 18.4. The number of hydrogen-bond donors (Lipinski definition) is 10. The smallest absolute Gasteiger partial charge is 0.167 e. The van der Waals surface area contributed by atoms with Crippen LogP contribution in [-0.4, -0.2) is 31.0 Å². The molecule has 10 N–H and O–H groups in total. The zero-order valence-corrected chi connectivity index (χ0v) is 13.5. The average Bonchev–Trinajstić information content (AvgIpc) is 2.60. The monoisotopic (exact) mass is 352 g/mol. The second-order valence-corrected chi connectivity index (χ2v) is 5.49. The molecule has 10 heteroatoms. The Morgan fingerprint density at radius 2 is 1.04 bits per heavy atom. The van der Waals surface area contributed by atoms with E-state index in [1.807, 2.05) is 21.9 Å². The Balaban J connectivity index is 2.61. The summed E-state index contributed by atoms with van der Waals surface area (Å²) >= 11 is 0. The van der Waals surface area contributed by atoms with Crippen LogP contribution in [0.3, 0.4) is 0 Å². The van der Waals surface area contributed by atoms with Gasteiger partial charge in [0.15, 0.2) is 11.5 Å². The molecular weight excluding hydrogens is 332 g/mol. The van der Waals surface area contributed by atoms with Crippen molar-refractivity contribution in [2.24, 2.45) is 0 Å². The predicted octanol–water partition coefficient (Wildman–Crippen LogP) is 2.51. The number of benzene rings is 2. The van der Waals surface area contributed by atoms with E-state index in [4.69, 9.17) is 10.4 Å². The summed E-state index contributed by atoms with van der Waals surface area (Å²) in [6.07, 6.45) is 0.241. The van der Waals surface area contributed by atoms with Crippen LogP contribution < -0.4 is 21.9 Å². The molecule has 2 aromatic carbocycles. The Morgan fingerprint density at radius 3 is 1.32 bits per heavy atom. The lowest BCUT2D eigenvalue weighted by Gasteiger charge is -2.19. The molecule has 0 atom stereocenters. The van der Waals surface area contributed by atoms with Crippen LogP contribution in [0.15, 0.2) is 12.1 Å². The molecule has 25 heavy (non-hydrogen) atoms. The third kappa shape index (κ3) is 3.19. The van der Waals surface area contributed by atoms with Crippen molar-refractivity contribution < 1.29 is 31.0 Å². The van der Waals surface area contributed by atoms with E-state index in [9.17, 15) is 20.6 Å². The molecule has 0 amide bonds. The van der Waals surface area contributed by atoms with Crippen LogP contribution in [0.5, 0.6) is 11.5 Å². The fourth-order valence-corrected chi connectivity index (χ4v) is 2.66. The summed E-state index contributed by atoms with van der Waals surface area (Å²) in [5, 5.41) is 56.6. The molecule has 0 bridgehead atoms. The van der Waals surface area contributed by atoms with Gasteiger partial charge in [0.2, 0.25) is 0 Å². The van der Waals surface area contributed by atoms with E-state index < -0.39 is 0 Å². The molecule has 0 aliphatic heterocycles. The average molecular weight is 352 g/mol. The Labute approximate surface area is 142 Å². The van der Waals surface area contributed by atoms with Crippen molar-refractivity contribution >= 4 is 22.7 Å². The third-order valence-corrected chi connectivity index (χ3v) is 4.18. The van der Waals surface area contributed by atoms with Gasteiger partial charge in [-0.2, -0.15) is 0 Å². The second-order valence-electron chi connectivity index (χ2n) is 5.49. The number of phenolic OH excluding ortho intramolecular Hbond substituents is 2. The Kier molecular flexibility index (Phi) is 5.39. The van der Waals surface area contributed by atoms with Crippen LogP contribution in [0.4, 0.5) is 22.7 Å². The van der Waals surface area contributed by atoms with Gasteiger partial charge in [-0.25, -0.2) is 0 Å². The minimum Gasteiger partial charge on any atom is -0.504 e. The topological polar surface area (TPSA) is 170 Å². The summed E-state index contributed by atoms with van der Waals surface area (Å²) < 4.78 is 0. The predicted molar refractivity (Wildman–Crippen MR) is 90.1 cm³/mol. The molecule has 0 unspecified atom stereocenters. The SMILES string of the molecule is Cc1c(Cc2cc(NO)c(O)c(NO)c2C)cc(NO)c(O)c1NO. The van der Waals surface area contributed by atoms with Crippen LogP contribution >= 0.6 is 0 Å². The van der Waals surface area contributed by atoms with Crippen LogP contribution in [0, 0.1) is 13.8 Å². The van der Waals surface area contributed by atoms with E-state index in [2.05, 4.69) is 0 Å². The Hall–Kier alpha value is -2.92. The lowest BCUT2D eigenvalue weighted by Crippen LogP contribution is -2.05. The van der Waals surface area contributed by atoms with Gasteiger partial charge in [0.05, 0.1) is 0 Å². The normalized spacial score (nSPS) is 10.5. The zero-order valence-electron chi connectivity index (χ0n) is 13.5. The van der Waals surface area contributed by atoms with Gasteiger partial charge in [-0.1, -0.05) is 0 Å². The maximum absolute atomic E-state index is 9.95. The van der Waals surface area contributed by atoms with E-state index in [0.29, 0.717) is 22.3 Å². The molecule has 0 radical (unpaired) electrons. The van der Waals surface area contributed by atoms with Crippen molar-refractivity contribution in [2.45, 2.75) is 20.3 Å². The standard InChI is InChI=1S/C15H20N4O6/c1-6-8(4-10(16-22)14(20)12(6)18-24)3-9-5-11(17-23)15(21)13(19-25)7(9)2/h4-5,16-25H,3H2,1-2H3. The lowest BCUT2D eigenvalue weighted by atomic mass is 9.94. The van der Waals surface area contributed by atoms with Gasteiger partial charge in [-0.15, -0.1) is 0 Å². The fraction of sp³-hybridized carbons (Fsp3) is 0.200. The molecule has 0 fully saturated rings. The van der Waals surface area contributed by atoms with Gasteiger partial charge in [-0.3, -0.25) is 42.7 Å². The molecule has 10 nitrogen and oxygen atoms in total. The molecule has 0 spiro atoms. The first-order valence-electron chi connectivity index (χ1n) is 7.20. The highest BCUT2D eigenvalue weighted by Crippen LogP contribution is 2.40. The van der Waals surface area contributed by atoms with Gasteiger partial charge in [0.25, 0.3) is 0 Å². The minimum atomic E-state index is -0.357. The molecular formula is C15H20N4O6. The summed E-state index contributed by atoms with van der Waals surface area (Å²) in [5.41, 5.74) is 9.74. The molecule has 0 aromatic heterocycles. The Bertz CT molecular complexity index is 731. The third-order valence-electron chi connectivity index (χ3n) is 4.18. The molecule has 136 valence electrons. The molecule has 0 aliphatic carbocycles. The first-order chi connectivity index (χ1) is 11.9. The second kappa shape index (κ2) is 7.32. The van der Waals surface area contributed by atoms with Crippen LogP contribution in [-0.2, 0) is 6.42 Å².